The zero-order valence-corrected chi connectivity index (χ0v) is 12.3. The van der Waals surface area contributed by atoms with Crippen LogP contribution in [0.3, 0.4) is 0 Å². The Morgan fingerprint density at radius 2 is 2.35 bits per heavy atom. The Bertz CT molecular complexity index is 350. The Hall–Kier alpha value is -0.0500. The van der Waals surface area contributed by atoms with Crippen LogP contribution in [0.25, 0.3) is 0 Å². The predicted molar refractivity (Wildman–Crippen MR) is 76.9 cm³/mol. The number of thiophene rings is 1. The molecule has 1 N–H and O–H groups in total. The molecule has 0 spiro atoms. The second-order valence-electron chi connectivity index (χ2n) is 5.10. The van der Waals surface area contributed by atoms with Gasteiger partial charge in [0.2, 0.25) is 0 Å². The molecular weight excluding hydrogens is 250 g/mol. The van der Waals surface area contributed by atoms with Gasteiger partial charge in [-0.3, -0.25) is 0 Å². The predicted octanol–water partition coefficient (Wildman–Crippen LogP) is 4.88. The van der Waals surface area contributed by atoms with Crippen LogP contribution in [0.15, 0.2) is 11.4 Å². The summed E-state index contributed by atoms with van der Waals surface area (Å²) in [5.41, 5.74) is 0. The first-order valence-corrected chi connectivity index (χ1v) is 7.92. The molecule has 0 saturated heterocycles. The van der Waals surface area contributed by atoms with Gasteiger partial charge < -0.3 is 5.32 Å². The molecule has 0 aliphatic heterocycles. The van der Waals surface area contributed by atoms with Gasteiger partial charge >= 0.3 is 0 Å². The van der Waals surface area contributed by atoms with E-state index in [2.05, 4.69) is 24.7 Å². The van der Waals surface area contributed by atoms with E-state index in [0.29, 0.717) is 6.04 Å². The Labute approximate surface area is 114 Å². The molecule has 1 nitrogen and oxygen atoms in total. The molecular formula is C14H22ClNS. The van der Waals surface area contributed by atoms with E-state index in [4.69, 9.17) is 11.6 Å². The molecule has 1 aliphatic carbocycles. The van der Waals surface area contributed by atoms with Gasteiger partial charge in [-0.2, -0.15) is 0 Å². The minimum absolute atomic E-state index is 0.455. The second-order valence-corrected chi connectivity index (χ2v) is 6.45. The van der Waals surface area contributed by atoms with Gasteiger partial charge in [0.25, 0.3) is 0 Å². The molecule has 3 unspecified atom stereocenters. The number of hydrogen-bond acceptors (Lipinski definition) is 2. The number of halogens is 1. The van der Waals surface area contributed by atoms with Crippen molar-refractivity contribution in [1.82, 2.24) is 5.32 Å². The molecule has 17 heavy (non-hydrogen) atoms. The van der Waals surface area contributed by atoms with Crippen molar-refractivity contribution in [2.45, 2.75) is 45.1 Å². The van der Waals surface area contributed by atoms with Crippen LogP contribution in [-0.2, 0) is 0 Å². The third-order valence-electron chi connectivity index (χ3n) is 4.11. The minimum Gasteiger partial charge on any atom is -0.312 e. The molecule has 96 valence electrons. The fourth-order valence-corrected chi connectivity index (χ4v) is 4.49. The monoisotopic (exact) mass is 271 g/mol. The van der Waals surface area contributed by atoms with Gasteiger partial charge in [-0.1, -0.05) is 37.8 Å². The lowest BCUT2D eigenvalue weighted by atomic mass is 9.76. The van der Waals surface area contributed by atoms with Gasteiger partial charge in [0.15, 0.2) is 0 Å². The van der Waals surface area contributed by atoms with Crippen LogP contribution < -0.4 is 5.32 Å². The fourth-order valence-electron chi connectivity index (χ4n) is 3.11. The zero-order valence-electron chi connectivity index (χ0n) is 10.7. The van der Waals surface area contributed by atoms with Crippen molar-refractivity contribution in [3.05, 3.63) is 21.3 Å². The summed E-state index contributed by atoms with van der Waals surface area (Å²) in [6.45, 7) is 2.32. The highest BCUT2D eigenvalue weighted by atomic mass is 35.5. The fraction of sp³-hybridized carbons (Fsp3) is 0.714. The summed E-state index contributed by atoms with van der Waals surface area (Å²) in [6.07, 6.45) is 6.82. The SMILES string of the molecule is CCC1CCCC(C(NC)c2sccc2Cl)C1. The number of nitrogens with one attached hydrogen (secondary N) is 1. The van der Waals surface area contributed by atoms with Crippen molar-refractivity contribution in [1.29, 1.82) is 0 Å². The van der Waals surface area contributed by atoms with Crippen molar-refractivity contribution in [3.63, 3.8) is 0 Å². The van der Waals surface area contributed by atoms with E-state index >= 15 is 0 Å². The van der Waals surface area contributed by atoms with Gasteiger partial charge in [-0.15, -0.1) is 11.3 Å². The van der Waals surface area contributed by atoms with E-state index in [1.54, 1.807) is 11.3 Å². The molecule has 3 atom stereocenters. The summed E-state index contributed by atoms with van der Waals surface area (Å²) in [6, 6.07) is 2.48. The lowest BCUT2D eigenvalue weighted by Gasteiger charge is -2.34. The van der Waals surface area contributed by atoms with Gasteiger partial charge in [0.05, 0.1) is 5.02 Å². The largest absolute Gasteiger partial charge is 0.312 e. The van der Waals surface area contributed by atoms with E-state index in [9.17, 15) is 0 Å². The quantitative estimate of drug-likeness (QED) is 0.823. The molecule has 0 amide bonds. The minimum atomic E-state index is 0.455. The molecule has 0 radical (unpaired) electrons. The molecule has 0 aromatic carbocycles. The summed E-state index contributed by atoms with van der Waals surface area (Å²) in [7, 11) is 2.07. The Kier molecular flexibility index (Phi) is 4.89. The zero-order chi connectivity index (χ0) is 12.3. The average molecular weight is 272 g/mol. The summed E-state index contributed by atoms with van der Waals surface area (Å²) >= 11 is 8.06. The second kappa shape index (κ2) is 6.21. The van der Waals surface area contributed by atoms with Gasteiger partial charge in [0, 0.05) is 10.9 Å². The average Bonchev–Trinajstić information content (AvgIpc) is 2.77. The van der Waals surface area contributed by atoms with Crippen LogP contribution >= 0.6 is 22.9 Å². The smallest absolute Gasteiger partial charge is 0.0561 e. The van der Waals surface area contributed by atoms with Gasteiger partial charge in [-0.25, -0.2) is 0 Å². The normalized spacial score (nSPS) is 27.0. The van der Waals surface area contributed by atoms with Crippen molar-refractivity contribution in [2.75, 3.05) is 7.05 Å². The summed E-state index contributed by atoms with van der Waals surface area (Å²) < 4.78 is 0. The van der Waals surface area contributed by atoms with Crippen molar-refractivity contribution >= 4 is 22.9 Å². The maximum Gasteiger partial charge on any atom is 0.0561 e. The van der Waals surface area contributed by atoms with Crippen molar-refractivity contribution < 1.29 is 0 Å². The Morgan fingerprint density at radius 1 is 1.53 bits per heavy atom. The summed E-state index contributed by atoms with van der Waals surface area (Å²) in [5.74, 6) is 1.68. The van der Waals surface area contributed by atoms with E-state index in [-0.39, 0.29) is 0 Å². The summed E-state index contributed by atoms with van der Waals surface area (Å²) in [4.78, 5) is 1.33. The highest BCUT2D eigenvalue weighted by Crippen LogP contribution is 2.41. The maximum absolute atomic E-state index is 6.27. The molecule has 1 aromatic rings. The van der Waals surface area contributed by atoms with Crippen LogP contribution in [0, 0.1) is 11.8 Å². The van der Waals surface area contributed by atoms with Crippen LogP contribution in [-0.4, -0.2) is 7.05 Å². The van der Waals surface area contributed by atoms with Crippen LogP contribution in [0.4, 0.5) is 0 Å². The number of hydrogen-bond donors (Lipinski definition) is 1. The first-order valence-electron chi connectivity index (χ1n) is 6.66. The van der Waals surface area contributed by atoms with E-state index in [1.165, 1.54) is 37.0 Å². The lowest BCUT2D eigenvalue weighted by molar-refractivity contribution is 0.216. The molecule has 1 aliphatic rings. The lowest BCUT2D eigenvalue weighted by Crippen LogP contribution is -2.29. The molecule has 1 heterocycles. The highest BCUT2D eigenvalue weighted by Gasteiger charge is 2.29. The highest BCUT2D eigenvalue weighted by molar-refractivity contribution is 7.10. The third kappa shape index (κ3) is 3.04. The van der Waals surface area contributed by atoms with E-state index in [1.807, 2.05) is 6.07 Å². The van der Waals surface area contributed by atoms with Gasteiger partial charge in [-0.05, 0) is 43.2 Å². The van der Waals surface area contributed by atoms with Crippen molar-refractivity contribution in [3.8, 4) is 0 Å². The standard InChI is InChI=1S/C14H22ClNS/c1-3-10-5-4-6-11(9-10)13(16-2)14-12(15)7-8-17-14/h7-8,10-11,13,16H,3-6,9H2,1-2H3. The van der Waals surface area contributed by atoms with E-state index < -0.39 is 0 Å². The summed E-state index contributed by atoms with van der Waals surface area (Å²) in [5, 5.41) is 6.52. The molecule has 3 heteroatoms. The molecule has 2 rings (SSSR count). The van der Waals surface area contributed by atoms with Gasteiger partial charge in [0.1, 0.15) is 0 Å². The molecule has 1 aromatic heterocycles. The van der Waals surface area contributed by atoms with Crippen LogP contribution in [0.2, 0.25) is 5.02 Å². The maximum atomic E-state index is 6.27. The molecule has 1 fully saturated rings. The number of rotatable bonds is 4. The topological polar surface area (TPSA) is 12.0 Å². The van der Waals surface area contributed by atoms with Crippen LogP contribution in [0.1, 0.15) is 49.9 Å². The Morgan fingerprint density at radius 3 is 2.94 bits per heavy atom. The first-order chi connectivity index (χ1) is 8.26. The third-order valence-corrected chi connectivity index (χ3v) is 5.55. The first kappa shape index (κ1) is 13.4. The van der Waals surface area contributed by atoms with E-state index in [0.717, 1.165) is 16.9 Å². The molecule has 1 saturated carbocycles. The van der Waals surface area contributed by atoms with Crippen molar-refractivity contribution in [2.24, 2.45) is 11.8 Å². The molecule has 0 bridgehead atoms. The Balaban J connectivity index is 2.10. The van der Waals surface area contributed by atoms with Crippen LogP contribution in [0.5, 0.6) is 0 Å².